The highest BCUT2D eigenvalue weighted by atomic mass is 16.5. The third-order valence-electron chi connectivity index (χ3n) is 4.17. The lowest BCUT2D eigenvalue weighted by Crippen LogP contribution is -2.52. The zero-order valence-electron chi connectivity index (χ0n) is 15.0. The number of carbonyl (C=O) groups excluding carboxylic acids is 2. The van der Waals surface area contributed by atoms with Crippen LogP contribution in [0.4, 0.5) is 4.79 Å². The Morgan fingerprint density at radius 2 is 1.62 bits per heavy atom. The molecule has 3 rings (SSSR count). The topological polar surface area (TPSA) is 66.0 Å². The Morgan fingerprint density at radius 1 is 0.962 bits per heavy atom. The number of carbonyl (C=O) groups is 2. The van der Waals surface area contributed by atoms with Gasteiger partial charge in [-0.15, -0.1) is 0 Å². The highest BCUT2D eigenvalue weighted by molar-refractivity contribution is 5.94. The minimum absolute atomic E-state index is 0.0267. The van der Waals surface area contributed by atoms with Crippen molar-refractivity contribution in [3.63, 3.8) is 0 Å². The Balaban J connectivity index is 1.58. The second kappa shape index (κ2) is 7.86. The maximum absolute atomic E-state index is 12.6. The molecule has 1 fully saturated rings. The van der Waals surface area contributed by atoms with Crippen LogP contribution in [0.5, 0.6) is 11.6 Å². The van der Waals surface area contributed by atoms with Crippen LogP contribution in [0.2, 0.25) is 0 Å². The molecule has 7 heteroatoms. The second-order valence-corrected chi connectivity index (χ2v) is 6.26. The van der Waals surface area contributed by atoms with Crippen LogP contribution < -0.4 is 4.74 Å². The normalized spacial score (nSPS) is 14.1. The smallest absolute Gasteiger partial charge is 0.319 e. The number of piperazine rings is 1. The first-order chi connectivity index (χ1) is 12.5. The van der Waals surface area contributed by atoms with Crippen LogP contribution in [-0.2, 0) is 0 Å². The van der Waals surface area contributed by atoms with E-state index in [2.05, 4.69) is 4.98 Å². The van der Waals surface area contributed by atoms with Gasteiger partial charge in [0.05, 0.1) is 5.56 Å². The van der Waals surface area contributed by atoms with Gasteiger partial charge < -0.3 is 19.4 Å². The molecular weight excluding hydrogens is 332 g/mol. The zero-order chi connectivity index (χ0) is 18.5. The summed E-state index contributed by atoms with van der Waals surface area (Å²) < 4.78 is 5.64. The summed E-state index contributed by atoms with van der Waals surface area (Å²) in [7, 11) is 3.45. The summed E-state index contributed by atoms with van der Waals surface area (Å²) in [6.07, 6.45) is 1.53. The largest absolute Gasteiger partial charge is 0.439 e. The third-order valence-corrected chi connectivity index (χ3v) is 4.17. The predicted molar refractivity (Wildman–Crippen MR) is 97.3 cm³/mol. The maximum Gasteiger partial charge on any atom is 0.319 e. The van der Waals surface area contributed by atoms with E-state index < -0.39 is 0 Å². The van der Waals surface area contributed by atoms with Gasteiger partial charge in [0.25, 0.3) is 5.91 Å². The fourth-order valence-electron chi connectivity index (χ4n) is 2.74. The van der Waals surface area contributed by atoms with E-state index in [0.717, 1.165) is 0 Å². The standard InChI is InChI=1S/C19H22N4O3/c1-21(2)19(25)23-12-10-22(11-13-23)18(24)15-8-9-17(20-14-15)26-16-6-4-3-5-7-16/h3-9,14H,10-13H2,1-2H3. The lowest BCUT2D eigenvalue weighted by atomic mass is 10.2. The van der Waals surface area contributed by atoms with E-state index in [9.17, 15) is 9.59 Å². The Bertz CT molecular complexity index is 754. The molecule has 0 atom stereocenters. The number of pyridine rings is 1. The fraction of sp³-hybridized carbons (Fsp3) is 0.316. The highest BCUT2D eigenvalue weighted by Crippen LogP contribution is 2.19. The number of rotatable bonds is 3. The van der Waals surface area contributed by atoms with E-state index in [1.807, 2.05) is 30.3 Å². The number of hydrogen-bond acceptors (Lipinski definition) is 4. The van der Waals surface area contributed by atoms with E-state index in [0.29, 0.717) is 43.4 Å². The van der Waals surface area contributed by atoms with E-state index in [1.54, 1.807) is 40.9 Å². The van der Waals surface area contributed by atoms with Crippen molar-refractivity contribution >= 4 is 11.9 Å². The lowest BCUT2D eigenvalue weighted by molar-refractivity contribution is 0.0650. The number of ether oxygens (including phenoxy) is 1. The van der Waals surface area contributed by atoms with Crippen molar-refractivity contribution < 1.29 is 14.3 Å². The molecule has 0 unspecified atom stereocenters. The highest BCUT2D eigenvalue weighted by Gasteiger charge is 2.25. The molecule has 0 aliphatic carbocycles. The van der Waals surface area contributed by atoms with Gasteiger partial charge in [0.2, 0.25) is 5.88 Å². The van der Waals surface area contributed by atoms with E-state index in [4.69, 9.17) is 4.74 Å². The van der Waals surface area contributed by atoms with Crippen molar-refractivity contribution in [3.8, 4) is 11.6 Å². The average Bonchev–Trinajstić information content (AvgIpc) is 2.68. The van der Waals surface area contributed by atoms with Crippen molar-refractivity contribution in [3.05, 3.63) is 54.2 Å². The molecule has 0 spiro atoms. The summed E-state index contributed by atoms with van der Waals surface area (Å²) in [5.41, 5.74) is 0.512. The van der Waals surface area contributed by atoms with Gasteiger partial charge in [-0.25, -0.2) is 9.78 Å². The monoisotopic (exact) mass is 354 g/mol. The molecule has 3 amide bonds. The molecule has 2 heterocycles. The van der Waals surface area contributed by atoms with Crippen molar-refractivity contribution in [2.24, 2.45) is 0 Å². The second-order valence-electron chi connectivity index (χ2n) is 6.26. The van der Waals surface area contributed by atoms with Gasteiger partial charge in [0.1, 0.15) is 5.75 Å². The van der Waals surface area contributed by atoms with Gasteiger partial charge in [-0.2, -0.15) is 0 Å². The Kier molecular flexibility index (Phi) is 5.36. The first-order valence-electron chi connectivity index (χ1n) is 8.49. The van der Waals surface area contributed by atoms with Gasteiger partial charge in [-0.1, -0.05) is 18.2 Å². The molecule has 1 saturated heterocycles. The van der Waals surface area contributed by atoms with Gasteiger partial charge in [-0.05, 0) is 18.2 Å². The molecule has 0 saturated carbocycles. The van der Waals surface area contributed by atoms with E-state index in [-0.39, 0.29) is 11.9 Å². The summed E-state index contributed by atoms with van der Waals surface area (Å²) in [5.74, 6) is 1.05. The Morgan fingerprint density at radius 3 is 2.19 bits per heavy atom. The quantitative estimate of drug-likeness (QED) is 0.848. The van der Waals surface area contributed by atoms with Crippen LogP contribution in [0.25, 0.3) is 0 Å². The molecule has 1 aliphatic heterocycles. The molecule has 1 aromatic heterocycles. The Hall–Kier alpha value is -3.09. The van der Waals surface area contributed by atoms with Crippen LogP contribution in [0.3, 0.4) is 0 Å². The molecule has 26 heavy (non-hydrogen) atoms. The number of benzene rings is 1. The minimum Gasteiger partial charge on any atom is -0.439 e. The SMILES string of the molecule is CN(C)C(=O)N1CCN(C(=O)c2ccc(Oc3ccccc3)nc2)CC1. The minimum atomic E-state index is -0.0827. The average molecular weight is 354 g/mol. The lowest BCUT2D eigenvalue weighted by Gasteiger charge is -2.35. The first kappa shape index (κ1) is 17.7. The molecule has 1 aromatic carbocycles. The van der Waals surface area contributed by atoms with Crippen molar-refractivity contribution in [1.29, 1.82) is 0 Å². The van der Waals surface area contributed by atoms with E-state index >= 15 is 0 Å². The number of urea groups is 1. The van der Waals surface area contributed by atoms with Crippen LogP contribution in [0.1, 0.15) is 10.4 Å². The molecule has 0 N–H and O–H groups in total. The molecular formula is C19H22N4O3. The molecule has 0 radical (unpaired) electrons. The van der Waals surface area contributed by atoms with Crippen LogP contribution in [0, 0.1) is 0 Å². The van der Waals surface area contributed by atoms with Crippen LogP contribution >= 0.6 is 0 Å². The van der Waals surface area contributed by atoms with Crippen LogP contribution in [0.15, 0.2) is 48.7 Å². The number of amides is 3. The van der Waals surface area contributed by atoms with Gasteiger partial charge in [0, 0.05) is 52.5 Å². The van der Waals surface area contributed by atoms with Gasteiger partial charge >= 0.3 is 6.03 Å². The van der Waals surface area contributed by atoms with Crippen molar-refractivity contribution in [1.82, 2.24) is 19.7 Å². The zero-order valence-corrected chi connectivity index (χ0v) is 15.0. The fourth-order valence-corrected chi connectivity index (χ4v) is 2.74. The number of hydrogen-bond donors (Lipinski definition) is 0. The molecule has 2 aromatic rings. The van der Waals surface area contributed by atoms with E-state index in [1.165, 1.54) is 6.20 Å². The first-order valence-corrected chi connectivity index (χ1v) is 8.49. The maximum atomic E-state index is 12.6. The summed E-state index contributed by atoms with van der Waals surface area (Å²) >= 11 is 0. The summed E-state index contributed by atoms with van der Waals surface area (Å²) in [6.45, 7) is 2.10. The van der Waals surface area contributed by atoms with Crippen molar-refractivity contribution in [2.75, 3.05) is 40.3 Å². The molecule has 136 valence electrons. The number of aromatic nitrogens is 1. The summed E-state index contributed by atoms with van der Waals surface area (Å²) in [5, 5.41) is 0. The van der Waals surface area contributed by atoms with Crippen LogP contribution in [-0.4, -0.2) is 71.9 Å². The Labute approximate surface area is 152 Å². The summed E-state index contributed by atoms with van der Waals surface area (Å²) in [4.78, 5) is 33.8. The molecule has 1 aliphatic rings. The van der Waals surface area contributed by atoms with Gasteiger partial charge in [-0.3, -0.25) is 4.79 Å². The number of nitrogens with zero attached hydrogens (tertiary/aromatic N) is 4. The summed E-state index contributed by atoms with van der Waals surface area (Å²) in [6, 6.07) is 12.7. The third kappa shape index (κ3) is 4.11. The van der Waals surface area contributed by atoms with Gasteiger partial charge in [0.15, 0.2) is 0 Å². The molecule has 7 nitrogen and oxygen atoms in total. The molecule has 0 bridgehead atoms. The predicted octanol–water partition coefficient (Wildman–Crippen LogP) is 2.31. The van der Waals surface area contributed by atoms with Crippen molar-refractivity contribution in [2.45, 2.75) is 0 Å². The number of para-hydroxylation sites is 1.